The van der Waals surface area contributed by atoms with Gasteiger partial charge in [0.1, 0.15) is 5.82 Å². The summed E-state index contributed by atoms with van der Waals surface area (Å²) in [7, 11) is 0. The van der Waals surface area contributed by atoms with Crippen LogP contribution in [0.25, 0.3) is 6.08 Å². The second-order valence-corrected chi connectivity index (χ2v) is 10.0. The van der Waals surface area contributed by atoms with Crippen molar-refractivity contribution >= 4 is 12.0 Å². The van der Waals surface area contributed by atoms with E-state index in [4.69, 9.17) is 9.47 Å². The van der Waals surface area contributed by atoms with E-state index in [1.807, 2.05) is 36.4 Å². The van der Waals surface area contributed by atoms with Crippen LogP contribution >= 0.6 is 0 Å². The number of hydrogen-bond acceptors (Lipinski definition) is 5. The molecule has 2 aromatic carbocycles. The van der Waals surface area contributed by atoms with Crippen LogP contribution in [0, 0.1) is 18.7 Å². The van der Waals surface area contributed by atoms with Gasteiger partial charge in [-0.3, -0.25) is 4.90 Å². The van der Waals surface area contributed by atoms with E-state index in [0.29, 0.717) is 30.7 Å². The number of aliphatic hydroxyl groups is 1. The number of β-amino-alcohol motifs (C(OH)–C–C–N with tert-alkyl or cyclic N) is 1. The highest BCUT2D eigenvalue weighted by atomic mass is 19.1. The summed E-state index contributed by atoms with van der Waals surface area (Å²) < 4.78 is 25.3. The fourth-order valence-electron chi connectivity index (χ4n) is 5.09. The summed E-state index contributed by atoms with van der Waals surface area (Å²) in [4.78, 5) is 14.1. The van der Waals surface area contributed by atoms with Gasteiger partial charge in [-0.15, -0.1) is 0 Å². The van der Waals surface area contributed by atoms with E-state index < -0.39 is 6.10 Å². The molecule has 2 aromatic rings. The third-order valence-corrected chi connectivity index (χ3v) is 7.16. The van der Waals surface area contributed by atoms with Crippen molar-refractivity contribution in [3.05, 3.63) is 76.6 Å². The first-order valence-corrected chi connectivity index (χ1v) is 13.2. The van der Waals surface area contributed by atoms with Crippen LogP contribution in [-0.2, 0) is 20.7 Å². The molecule has 0 spiro atoms. The summed E-state index contributed by atoms with van der Waals surface area (Å²) in [5.74, 6) is -0.0977. The van der Waals surface area contributed by atoms with Crippen molar-refractivity contribution in [2.75, 3.05) is 26.3 Å². The summed E-state index contributed by atoms with van der Waals surface area (Å²) in [6.07, 6.45) is 7.62. The lowest BCUT2D eigenvalue weighted by Crippen LogP contribution is -2.39. The first-order valence-electron chi connectivity index (χ1n) is 13.2. The van der Waals surface area contributed by atoms with Gasteiger partial charge in [0.25, 0.3) is 0 Å². The molecule has 36 heavy (non-hydrogen) atoms. The van der Waals surface area contributed by atoms with Gasteiger partial charge in [0.2, 0.25) is 0 Å². The van der Waals surface area contributed by atoms with Gasteiger partial charge in [-0.25, -0.2) is 9.18 Å². The minimum atomic E-state index is -0.608. The normalized spacial score (nSPS) is 20.1. The zero-order valence-electron chi connectivity index (χ0n) is 21.4. The smallest absolute Gasteiger partial charge is 0.330 e. The quantitative estimate of drug-likeness (QED) is 0.322. The van der Waals surface area contributed by atoms with Crippen LogP contribution in [0.5, 0.6) is 0 Å². The lowest BCUT2D eigenvalue weighted by Gasteiger charge is -2.28. The number of ether oxygens (including phenoxy) is 2. The van der Waals surface area contributed by atoms with Gasteiger partial charge in [-0.1, -0.05) is 36.4 Å². The van der Waals surface area contributed by atoms with E-state index in [1.165, 1.54) is 6.08 Å². The molecule has 2 fully saturated rings. The molecule has 1 heterocycles. The van der Waals surface area contributed by atoms with Crippen LogP contribution in [0.3, 0.4) is 0 Å². The minimum absolute atomic E-state index is 0.118. The molecule has 194 valence electrons. The molecule has 1 saturated carbocycles. The number of likely N-dealkylation sites (tertiary alicyclic amines) is 1. The summed E-state index contributed by atoms with van der Waals surface area (Å²) in [6, 6.07) is 13.7. The highest BCUT2D eigenvalue weighted by Gasteiger charge is 2.35. The van der Waals surface area contributed by atoms with E-state index in [1.54, 1.807) is 26.0 Å². The molecule has 0 radical (unpaired) electrons. The van der Waals surface area contributed by atoms with Gasteiger partial charge >= 0.3 is 5.97 Å². The second-order valence-electron chi connectivity index (χ2n) is 10.0. The number of aliphatic hydroxyl groups excluding tert-OH is 1. The number of carbonyl (C=O) groups excluding carboxylic acids is 1. The fourth-order valence-corrected chi connectivity index (χ4v) is 5.09. The summed E-state index contributed by atoms with van der Waals surface area (Å²) in [5.41, 5.74) is 3.63. The van der Waals surface area contributed by atoms with Crippen LogP contribution in [0.2, 0.25) is 0 Å². The Kier molecular flexibility index (Phi) is 9.30. The number of esters is 1. The number of hydrogen-bond donors (Lipinski definition) is 1. The highest BCUT2D eigenvalue weighted by molar-refractivity contribution is 5.87. The molecule has 0 amide bonds. The maximum Gasteiger partial charge on any atom is 0.330 e. The Bertz CT molecular complexity index is 1050. The largest absolute Gasteiger partial charge is 0.463 e. The average molecular weight is 496 g/mol. The number of benzene rings is 2. The second kappa shape index (κ2) is 12.6. The zero-order chi connectivity index (χ0) is 25.5. The van der Waals surface area contributed by atoms with Crippen LogP contribution < -0.4 is 0 Å². The summed E-state index contributed by atoms with van der Waals surface area (Å²) >= 11 is 0. The van der Waals surface area contributed by atoms with Gasteiger partial charge in [0.05, 0.1) is 25.4 Å². The van der Waals surface area contributed by atoms with Crippen molar-refractivity contribution in [3.8, 4) is 0 Å². The van der Waals surface area contributed by atoms with Crippen LogP contribution in [0.4, 0.5) is 4.39 Å². The highest BCUT2D eigenvalue weighted by Crippen LogP contribution is 2.44. The molecular formula is C30H38FNO4. The molecular weight excluding hydrogens is 457 g/mol. The number of rotatable bonds is 12. The lowest BCUT2D eigenvalue weighted by atomic mass is 9.98. The van der Waals surface area contributed by atoms with E-state index in [-0.39, 0.29) is 24.5 Å². The number of aryl methyl sites for hydroxylation is 1. The van der Waals surface area contributed by atoms with E-state index in [0.717, 1.165) is 55.3 Å². The summed E-state index contributed by atoms with van der Waals surface area (Å²) in [6.45, 7) is 5.64. The Morgan fingerprint density at radius 1 is 1.22 bits per heavy atom. The van der Waals surface area contributed by atoms with Gasteiger partial charge in [-0.05, 0) is 92.8 Å². The van der Waals surface area contributed by atoms with Crippen molar-refractivity contribution in [2.45, 2.75) is 64.2 Å². The predicted octanol–water partition coefficient (Wildman–Crippen LogP) is 5.25. The van der Waals surface area contributed by atoms with E-state index in [2.05, 4.69) is 4.90 Å². The van der Waals surface area contributed by atoms with Gasteiger partial charge < -0.3 is 14.6 Å². The minimum Gasteiger partial charge on any atom is -0.463 e. The molecule has 6 heteroatoms. The molecule has 1 aliphatic carbocycles. The SMILES string of the molecule is CCOC(=O)/C=C/c1ccccc1[C@H](OC[C@H](O)CN1CCC[C@H]1Cc1ccc(C)c(F)c1)C1CC1. The number of halogens is 1. The van der Waals surface area contributed by atoms with Crippen molar-refractivity contribution in [2.24, 2.45) is 5.92 Å². The molecule has 4 rings (SSSR count). The predicted molar refractivity (Wildman–Crippen MR) is 139 cm³/mol. The topological polar surface area (TPSA) is 59.0 Å². The Morgan fingerprint density at radius 3 is 2.78 bits per heavy atom. The Balaban J connectivity index is 1.35. The van der Waals surface area contributed by atoms with Gasteiger partial charge in [-0.2, -0.15) is 0 Å². The van der Waals surface area contributed by atoms with Crippen molar-refractivity contribution in [1.29, 1.82) is 0 Å². The molecule has 3 atom stereocenters. The Hall–Kier alpha value is -2.54. The molecule has 1 saturated heterocycles. The molecule has 2 aliphatic rings. The standard InChI is InChI=1S/C30H38FNO4/c1-3-35-29(34)15-14-23-7-4-5-9-27(23)30(24-12-13-24)36-20-26(33)19-32-16-6-8-25(32)17-22-11-10-21(2)28(31)18-22/h4-5,7,9-11,14-15,18,24-26,30,33H,3,6,8,12-13,16-17,19-20H2,1-2H3/b15-14+/t25-,26+,30+/m0/s1. The summed E-state index contributed by atoms with van der Waals surface area (Å²) in [5, 5.41) is 10.9. The molecule has 0 unspecified atom stereocenters. The van der Waals surface area contributed by atoms with Crippen molar-refractivity contribution in [1.82, 2.24) is 4.90 Å². The maximum absolute atomic E-state index is 14.0. The first-order chi connectivity index (χ1) is 17.4. The monoisotopic (exact) mass is 495 g/mol. The Labute approximate surface area is 213 Å². The van der Waals surface area contributed by atoms with Crippen LogP contribution in [0.15, 0.2) is 48.5 Å². The Morgan fingerprint density at radius 2 is 2.03 bits per heavy atom. The third kappa shape index (κ3) is 7.25. The molecule has 5 nitrogen and oxygen atoms in total. The van der Waals surface area contributed by atoms with E-state index >= 15 is 0 Å². The number of carbonyl (C=O) groups is 1. The molecule has 1 N–H and O–H groups in total. The molecule has 0 bridgehead atoms. The maximum atomic E-state index is 14.0. The third-order valence-electron chi connectivity index (χ3n) is 7.16. The molecule has 1 aliphatic heterocycles. The van der Waals surface area contributed by atoms with E-state index in [9.17, 15) is 14.3 Å². The van der Waals surface area contributed by atoms with Crippen molar-refractivity contribution < 1.29 is 23.8 Å². The molecule has 0 aromatic heterocycles. The average Bonchev–Trinajstić information content (AvgIpc) is 3.61. The lowest BCUT2D eigenvalue weighted by molar-refractivity contribution is -0.137. The van der Waals surface area contributed by atoms with Gasteiger partial charge in [0, 0.05) is 18.7 Å². The van der Waals surface area contributed by atoms with Crippen LogP contribution in [-0.4, -0.2) is 54.4 Å². The zero-order valence-corrected chi connectivity index (χ0v) is 21.4. The van der Waals surface area contributed by atoms with Gasteiger partial charge in [0.15, 0.2) is 0 Å². The number of nitrogens with zero attached hydrogens (tertiary/aromatic N) is 1. The first kappa shape index (κ1) is 26.5. The van der Waals surface area contributed by atoms with Crippen LogP contribution in [0.1, 0.15) is 61.0 Å². The fraction of sp³-hybridized carbons (Fsp3) is 0.500. The van der Waals surface area contributed by atoms with Crippen molar-refractivity contribution in [3.63, 3.8) is 0 Å².